The van der Waals surface area contributed by atoms with Gasteiger partial charge in [-0.2, -0.15) is 13.2 Å². The van der Waals surface area contributed by atoms with Crippen LogP contribution in [0.25, 0.3) is 0 Å². The molecule has 1 fully saturated rings. The number of nitrogens with one attached hydrogen (secondary N) is 1. The van der Waals surface area contributed by atoms with Crippen LogP contribution in [0.1, 0.15) is 31.0 Å². The molecule has 1 heterocycles. The molecule has 1 aromatic rings. The fourth-order valence-electron chi connectivity index (χ4n) is 2.33. The predicted molar refractivity (Wildman–Crippen MR) is 68.8 cm³/mol. The molecule has 1 aromatic carbocycles. The molecule has 0 radical (unpaired) electrons. The minimum absolute atomic E-state index is 0.0504. The number of hydrogen-bond donors (Lipinski definition) is 1. The van der Waals surface area contributed by atoms with E-state index in [1.807, 2.05) is 30.3 Å². The van der Waals surface area contributed by atoms with Crippen LogP contribution in [-0.2, 0) is 4.79 Å². The van der Waals surface area contributed by atoms with Crippen LogP contribution in [-0.4, -0.2) is 30.1 Å². The highest BCUT2D eigenvalue weighted by Gasteiger charge is 2.31. The van der Waals surface area contributed by atoms with E-state index in [1.165, 1.54) is 0 Å². The molecule has 0 aromatic heterocycles. The molecule has 1 aliphatic rings. The average Bonchev–Trinajstić information content (AvgIpc) is 2.76. The van der Waals surface area contributed by atoms with Crippen molar-refractivity contribution >= 4 is 5.91 Å². The van der Waals surface area contributed by atoms with E-state index in [2.05, 4.69) is 5.32 Å². The summed E-state index contributed by atoms with van der Waals surface area (Å²) in [6.45, 7) is 0.584. The average molecular weight is 286 g/mol. The van der Waals surface area contributed by atoms with E-state index in [4.69, 9.17) is 0 Å². The summed E-state index contributed by atoms with van der Waals surface area (Å²) in [5.41, 5.74) is 0.953. The topological polar surface area (TPSA) is 32.3 Å². The van der Waals surface area contributed by atoms with E-state index in [0.29, 0.717) is 13.0 Å². The Kier molecular flexibility index (Phi) is 4.65. The van der Waals surface area contributed by atoms with Gasteiger partial charge in [-0.3, -0.25) is 10.1 Å². The minimum atomic E-state index is -4.12. The highest BCUT2D eigenvalue weighted by molar-refractivity contribution is 5.80. The van der Waals surface area contributed by atoms with E-state index >= 15 is 0 Å². The highest BCUT2D eigenvalue weighted by atomic mass is 19.4. The van der Waals surface area contributed by atoms with Crippen molar-refractivity contribution in [1.82, 2.24) is 10.2 Å². The lowest BCUT2D eigenvalue weighted by atomic mass is 10.1. The Morgan fingerprint density at radius 1 is 1.20 bits per heavy atom. The van der Waals surface area contributed by atoms with Crippen LogP contribution in [0, 0.1) is 0 Å². The van der Waals surface area contributed by atoms with Gasteiger partial charge in [0.05, 0.1) is 6.54 Å². The molecule has 6 heteroatoms. The zero-order valence-corrected chi connectivity index (χ0v) is 11.0. The number of carbonyl (C=O) groups excluding carboxylic acids is 1. The van der Waals surface area contributed by atoms with Gasteiger partial charge in [-0.05, 0) is 18.4 Å². The van der Waals surface area contributed by atoms with Gasteiger partial charge in [-0.15, -0.1) is 0 Å². The number of benzene rings is 1. The molecule has 0 saturated carbocycles. The molecule has 0 aliphatic carbocycles. The summed E-state index contributed by atoms with van der Waals surface area (Å²) in [6, 6.07) is 9.44. The minimum Gasteiger partial charge on any atom is -0.322 e. The van der Waals surface area contributed by atoms with E-state index in [-0.39, 0.29) is 25.0 Å². The molecule has 1 unspecified atom stereocenters. The van der Waals surface area contributed by atoms with Crippen LogP contribution < -0.4 is 5.32 Å². The summed E-state index contributed by atoms with van der Waals surface area (Å²) in [5, 5.41) is 3.08. The van der Waals surface area contributed by atoms with Gasteiger partial charge >= 0.3 is 6.18 Å². The summed E-state index contributed by atoms with van der Waals surface area (Å²) in [4.78, 5) is 13.4. The zero-order chi connectivity index (χ0) is 14.6. The van der Waals surface area contributed by atoms with Gasteiger partial charge in [-0.25, -0.2) is 0 Å². The summed E-state index contributed by atoms with van der Waals surface area (Å²) >= 11 is 0. The Morgan fingerprint density at radius 3 is 2.55 bits per heavy atom. The summed E-state index contributed by atoms with van der Waals surface area (Å²) < 4.78 is 36.2. The lowest BCUT2D eigenvalue weighted by molar-refractivity contribution is -0.136. The Morgan fingerprint density at radius 2 is 1.90 bits per heavy atom. The van der Waals surface area contributed by atoms with Crippen molar-refractivity contribution in [2.75, 3.05) is 13.1 Å². The van der Waals surface area contributed by atoms with Crippen molar-refractivity contribution in [2.45, 2.75) is 31.6 Å². The summed E-state index contributed by atoms with van der Waals surface area (Å²) in [5.74, 6) is -0.0640. The van der Waals surface area contributed by atoms with Crippen molar-refractivity contribution in [3.8, 4) is 0 Å². The number of nitrogens with zero attached hydrogens (tertiary/aromatic N) is 1. The van der Waals surface area contributed by atoms with Gasteiger partial charge in [0.1, 0.15) is 6.17 Å². The second kappa shape index (κ2) is 6.26. The lowest BCUT2D eigenvalue weighted by Gasteiger charge is -2.24. The van der Waals surface area contributed by atoms with E-state index in [0.717, 1.165) is 5.56 Å². The highest BCUT2D eigenvalue weighted by Crippen LogP contribution is 2.25. The molecule has 0 bridgehead atoms. The van der Waals surface area contributed by atoms with Crippen molar-refractivity contribution in [3.05, 3.63) is 35.9 Å². The fraction of sp³-hybridized carbons (Fsp3) is 0.500. The number of rotatable bonds is 5. The first-order valence-corrected chi connectivity index (χ1v) is 6.62. The first-order chi connectivity index (χ1) is 9.47. The maximum Gasteiger partial charge on any atom is 0.389 e. The van der Waals surface area contributed by atoms with Gasteiger partial charge in [-0.1, -0.05) is 30.3 Å². The molecule has 1 atom stereocenters. The van der Waals surface area contributed by atoms with Gasteiger partial charge in [0, 0.05) is 13.0 Å². The number of alkyl halides is 3. The SMILES string of the molecule is O=C1CNC(c2ccccc2)N1CCCCC(F)(F)F. The molecule has 2 rings (SSSR count). The monoisotopic (exact) mass is 286 g/mol. The van der Waals surface area contributed by atoms with E-state index in [1.54, 1.807) is 4.90 Å². The van der Waals surface area contributed by atoms with E-state index in [9.17, 15) is 18.0 Å². The second-order valence-electron chi connectivity index (χ2n) is 4.85. The van der Waals surface area contributed by atoms with Gasteiger partial charge < -0.3 is 4.90 Å². The normalized spacial score (nSPS) is 19.6. The van der Waals surface area contributed by atoms with Gasteiger partial charge in [0.25, 0.3) is 0 Å². The molecule has 3 nitrogen and oxygen atoms in total. The fourth-order valence-corrected chi connectivity index (χ4v) is 2.33. The van der Waals surface area contributed by atoms with Crippen LogP contribution in [0.5, 0.6) is 0 Å². The summed E-state index contributed by atoms with van der Waals surface area (Å²) in [6.07, 6.45) is -4.73. The standard InChI is InChI=1S/C14H17F3N2O/c15-14(16,17)8-4-5-9-19-12(20)10-18-13(19)11-6-2-1-3-7-11/h1-3,6-7,13,18H,4-5,8-10H2. The third kappa shape index (κ3) is 3.96. The van der Waals surface area contributed by atoms with Crippen LogP contribution in [0.2, 0.25) is 0 Å². The Labute approximate surface area is 115 Å². The first-order valence-electron chi connectivity index (χ1n) is 6.62. The molecule has 1 aliphatic heterocycles. The smallest absolute Gasteiger partial charge is 0.322 e. The van der Waals surface area contributed by atoms with Crippen LogP contribution in [0.4, 0.5) is 13.2 Å². The number of unbranched alkanes of at least 4 members (excludes halogenated alkanes) is 1. The molecule has 20 heavy (non-hydrogen) atoms. The van der Waals surface area contributed by atoms with E-state index < -0.39 is 12.6 Å². The summed E-state index contributed by atoms with van der Waals surface area (Å²) in [7, 11) is 0. The van der Waals surface area contributed by atoms with Crippen LogP contribution >= 0.6 is 0 Å². The molecule has 1 saturated heterocycles. The van der Waals surface area contributed by atoms with Gasteiger partial charge in [0.15, 0.2) is 0 Å². The van der Waals surface area contributed by atoms with Crippen molar-refractivity contribution < 1.29 is 18.0 Å². The Hall–Kier alpha value is -1.56. The molecular weight excluding hydrogens is 269 g/mol. The maximum atomic E-state index is 12.1. The number of carbonyl (C=O) groups is 1. The first kappa shape index (κ1) is 14.8. The Bertz CT molecular complexity index is 447. The Balaban J connectivity index is 1.89. The molecular formula is C14H17F3N2O. The van der Waals surface area contributed by atoms with Crippen LogP contribution in [0.3, 0.4) is 0 Å². The third-order valence-electron chi connectivity index (χ3n) is 3.30. The maximum absolute atomic E-state index is 12.1. The molecule has 1 amide bonds. The second-order valence-corrected chi connectivity index (χ2v) is 4.85. The largest absolute Gasteiger partial charge is 0.389 e. The molecule has 110 valence electrons. The van der Waals surface area contributed by atoms with Crippen molar-refractivity contribution in [2.24, 2.45) is 0 Å². The lowest BCUT2D eigenvalue weighted by Crippen LogP contribution is -2.31. The molecule has 1 N–H and O–H groups in total. The predicted octanol–water partition coefficient (Wildman–Crippen LogP) is 2.85. The molecule has 0 spiro atoms. The number of hydrogen-bond acceptors (Lipinski definition) is 2. The van der Waals surface area contributed by atoms with Crippen molar-refractivity contribution in [1.29, 1.82) is 0 Å². The number of halogens is 3. The quantitative estimate of drug-likeness (QED) is 0.844. The van der Waals surface area contributed by atoms with Gasteiger partial charge in [0.2, 0.25) is 5.91 Å². The zero-order valence-electron chi connectivity index (χ0n) is 11.0. The van der Waals surface area contributed by atoms with Crippen LogP contribution in [0.15, 0.2) is 30.3 Å². The number of amides is 1. The van der Waals surface area contributed by atoms with Crippen molar-refractivity contribution in [3.63, 3.8) is 0 Å². The third-order valence-corrected chi connectivity index (χ3v) is 3.30.